The van der Waals surface area contributed by atoms with Crippen molar-refractivity contribution in [2.24, 2.45) is 0 Å². The summed E-state index contributed by atoms with van der Waals surface area (Å²) in [5, 5.41) is 10.9. The van der Waals surface area contributed by atoms with Crippen molar-refractivity contribution in [3.63, 3.8) is 0 Å². The summed E-state index contributed by atoms with van der Waals surface area (Å²) >= 11 is 25.5. The quantitative estimate of drug-likeness (QED) is 0.162. The Morgan fingerprint density at radius 3 is 2.75 bits per heavy atom. The van der Waals surface area contributed by atoms with Gasteiger partial charge in [0, 0.05) is 22.9 Å². The van der Waals surface area contributed by atoms with Crippen molar-refractivity contribution in [1.29, 1.82) is 0 Å². The predicted octanol–water partition coefficient (Wildman–Crippen LogP) is 6.01. The Balaban J connectivity index is 1.58. The monoisotopic (exact) mass is 515 g/mol. The second-order valence-corrected chi connectivity index (χ2v) is 8.71. The first-order valence-electron chi connectivity index (χ1n) is 9.11. The fourth-order valence-electron chi connectivity index (χ4n) is 3.19. The Bertz CT molecular complexity index is 1290. The van der Waals surface area contributed by atoms with Crippen molar-refractivity contribution in [2.45, 2.75) is 17.4 Å². The average Bonchev–Trinajstić information content (AvgIpc) is 3.34. The lowest BCUT2D eigenvalue weighted by atomic mass is 10.1. The van der Waals surface area contributed by atoms with Gasteiger partial charge in [-0.1, -0.05) is 69.3 Å². The number of imidazole rings is 1. The first-order chi connectivity index (χ1) is 15.2. The number of alkyl halides is 2. The van der Waals surface area contributed by atoms with Gasteiger partial charge in [-0.05, 0) is 24.1 Å². The Hall–Kier alpha value is -2.65. The van der Waals surface area contributed by atoms with E-state index < -0.39 is 9.61 Å². The van der Waals surface area contributed by atoms with Gasteiger partial charge in [-0.25, -0.2) is 15.1 Å². The van der Waals surface area contributed by atoms with Gasteiger partial charge in [-0.3, -0.25) is 0 Å². The van der Waals surface area contributed by atoms with Crippen LogP contribution in [0.1, 0.15) is 17.0 Å². The van der Waals surface area contributed by atoms with Gasteiger partial charge in [0.15, 0.2) is 5.09 Å². The number of aromatic nitrogens is 2. The van der Waals surface area contributed by atoms with Gasteiger partial charge in [0.05, 0.1) is 16.8 Å². The van der Waals surface area contributed by atoms with Crippen LogP contribution in [0.15, 0.2) is 59.5 Å². The summed E-state index contributed by atoms with van der Waals surface area (Å²) in [6.07, 6.45) is 4.87. The number of fused-ring (bicyclic) bond motifs is 1. The van der Waals surface area contributed by atoms with E-state index in [1.54, 1.807) is 24.3 Å². The van der Waals surface area contributed by atoms with Crippen LogP contribution < -0.4 is 9.68 Å². The second kappa shape index (κ2) is 9.07. The number of halogens is 4. The van der Waals surface area contributed by atoms with Crippen LogP contribution in [0, 0.1) is 10.1 Å². The van der Waals surface area contributed by atoms with E-state index in [-0.39, 0.29) is 0 Å². The third-order valence-electron chi connectivity index (χ3n) is 4.57. The number of hydrogen-bond acceptors (Lipinski definition) is 6. The molecule has 0 unspecified atom stereocenters. The Kier molecular flexibility index (Phi) is 6.39. The van der Waals surface area contributed by atoms with E-state index in [9.17, 15) is 10.1 Å². The van der Waals surface area contributed by atoms with Crippen molar-refractivity contribution in [1.82, 2.24) is 9.71 Å². The molecule has 166 valence electrons. The van der Waals surface area contributed by atoms with Gasteiger partial charge in [0.1, 0.15) is 23.8 Å². The molecule has 0 aliphatic heterocycles. The first-order valence-corrected chi connectivity index (χ1v) is 10.6. The number of furan rings is 1. The molecule has 0 saturated carbocycles. The van der Waals surface area contributed by atoms with Gasteiger partial charge in [0.25, 0.3) is 4.52 Å². The van der Waals surface area contributed by atoms with Crippen LogP contribution in [0.5, 0.6) is 5.75 Å². The fraction of sp³-hybridized carbons (Fsp3) is 0.150. The lowest BCUT2D eigenvalue weighted by Gasteiger charge is -2.22. The first kappa shape index (κ1) is 22.5. The molecule has 0 saturated heterocycles. The normalized spacial score (nSPS) is 11.6. The molecule has 0 spiro atoms. The lowest BCUT2D eigenvalue weighted by molar-refractivity contribution is -0.749. The van der Waals surface area contributed by atoms with E-state index in [4.69, 9.17) is 55.6 Å². The number of ether oxygens (including phenoxy) is 1. The topological polar surface area (TPSA) is 92.6 Å². The number of benzene rings is 2. The second-order valence-electron chi connectivity index (χ2n) is 6.61. The molecule has 2 heterocycles. The SMILES string of the molecule is O=[N+]([O-])On1ccnc1CCc1ccccc1OC(Cl)(Cl)c1coc2cc(Cl)cc(Cl)c12. The van der Waals surface area contributed by atoms with Crippen LogP contribution in [0.4, 0.5) is 0 Å². The van der Waals surface area contributed by atoms with Crippen LogP contribution in [0.25, 0.3) is 11.0 Å². The molecule has 32 heavy (non-hydrogen) atoms. The predicted molar refractivity (Wildman–Crippen MR) is 120 cm³/mol. The molecule has 0 N–H and O–H groups in total. The molecule has 0 radical (unpaired) electrons. The summed E-state index contributed by atoms with van der Waals surface area (Å²) in [7, 11) is 0. The van der Waals surface area contributed by atoms with Crippen molar-refractivity contribution in [3.05, 3.63) is 92.2 Å². The number of hydrogen-bond donors (Lipinski definition) is 0. The molecule has 0 bridgehead atoms. The van der Waals surface area contributed by atoms with Crippen LogP contribution in [0.2, 0.25) is 10.0 Å². The van der Waals surface area contributed by atoms with Crippen LogP contribution in [-0.4, -0.2) is 14.8 Å². The van der Waals surface area contributed by atoms with Crippen molar-refractivity contribution < 1.29 is 19.2 Å². The molecule has 0 atom stereocenters. The third kappa shape index (κ3) is 4.73. The average molecular weight is 517 g/mol. The Morgan fingerprint density at radius 1 is 1.19 bits per heavy atom. The third-order valence-corrected chi connectivity index (χ3v) is 5.65. The minimum Gasteiger partial charge on any atom is -0.464 e. The number of para-hydroxylation sites is 1. The van der Waals surface area contributed by atoms with E-state index in [1.807, 2.05) is 12.1 Å². The smallest absolute Gasteiger partial charge is 0.288 e. The maximum absolute atomic E-state index is 10.6. The highest BCUT2D eigenvalue weighted by atomic mass is 35.5. The molecule has 12 heteroatoms. The summed E-state index contributed by atoms with van der Waals surface area (Å²) in [5.41, 5.74) is 1.48. The largest absolute Gasteiger partial charge is 0.464 e. The van der Waals surface area contributed by atoms with Crippen LogP contribution in [0.3, 0.4) is 0 Å². The molecular weight excluding hydrogens is 504 g/mol. The summed E-state index contributed by atoms with van der Waals surface area (Å²) in [5.74, 6) is 0.772. The van der Waals surface area contributed by atoms with Crippen molar-refractivity contribution >= 4 is 57.4 Å². The lowest BCUT2D eigenvalue weighted by Crippen LogP contribution is -2.21. The van der Waals surface area contributed by atoms with E-state index in [1.165, 1.54) is 18.7 Å². The van der Waals surface area contributed by atoms with Gasteiger partial charge >= 0.3 is 0 Å². The maximum Gasteiger partial charge on any atom is 0.288 e. The number of aryl methyl sites for hydroxylation is 2. The van der Waals surface area contributed by atoms with E-state index in [2.05, 4.69) is 9.92 Å². The number of rotatable bonds is 8. The van der Waals surface area contributed by atoms with Crippen molar-refractivity contribution in [2.75, 3.05) is 0 Å². The van der Waals surface area contributed by atoms with Gasteiger partial charge in [0.2, 0.25) is 5.82 Å². The highest BCUT2D eigenvalue weighted by molar-refractivity contribution is 6.48. The zero-order valence-electron chi connectivity index (χ0n) is 16.0. The molecule has 0 aliphatic rings. The molecular formula is C20H13Cl4N3O5. The van der Waals surface area contributed by atoms with Gasteiger partial charge in [-0.15, -0.1) is 0 Å². The molecule has 4 rings (SSSR count). The zero-order valence-corrected chi connectivity index (χ0v) is 19.0. The highest BCUT2D eigenvalue weighted by Gasteiger charge is 2.35. The molecule has 0 amide bonds. The molecule has 8 nitrogen and oxygen atoms in total. The zero-order chi connectivity index (χ0) is 22.9. The minimum absolute atomic E-state index is 0.316. The number of nitrogens with zero attached hydrogens (tertiary/aromatic N) is 3. The summed E-state index contributed by atoms with van der Waals surface area (Å²) in [6, 6.07) is 10.3. The maximum atomic E-state index is 10.6. The van der Waals surface area contributed by atoms with E-state index in [0.717, 1.165) is 10.3 Å². The Morgan fingerprint density at radius 2 is 1.97 bits per heavy atom. The summed E-state index contributed by atoms with van der Waals surface area (Å²) in [4.78, 5) is 19.2. The molecule has 2 aromatic heterocycles. The fourth-order valence-corrected chi connectivity index (χ4v) is 4.21. The van der Waals surface area contributed by atoms with Gasteiger partial charge in [-0.2, -0.15) is 4.94 Å². The van der Waals surface area contributed by atoms with E-state index >= 15 is 0 Å². The Labute approximate surface area is 201 Å². The summed E-state index contributed by atoms with van der Waals surface area (Å²) in [6.45, 7) is 0. The van der Waals surface area contributed by atoms with E-state index in [0.29, 0.717) is 51.0 Å². The van der Waals surface area contributed by atoms with Crippen LogP contribution in [-0.2, 0) is 17.4 Å². The molecule has 2 aromatic carbocycles. The molecule has 0 fully saturated rings. The minimum atomic E-state index is -1.83. The molecule has 0 aliphatic carbocycles. The summed E-state index contributed by atoms with van der Waals surface area (Å²) < 4.78 is 10.6. The molecule has 4 aromatic rings. The standard InChI is InChI=1S/C20H13Cl4N3O5/c21-13-9-15(22)19-14(11-30-17(19)10-13)20(23,24)31-16-4-2-1-3-12(16)5-6-18-25-7-8-26(18)32-27(28)29/h1-4,7-11H,5-6H2. The van der Waals surface area contributed by atoms with Crippen LogP contribution >= 0.6 is 46.4 Å². The highest BCUT2D eigenvalue weighted by Crippen LogP contribution is 2.44. The van der Waals surface area contributed by atoms with Crippen molar-refractivity contribution in [3.8, 4) is 5.75 Å². The van der Waals surface area contributed by atoms with Gasteiger partial charge < -0.3 is 9.15 Å².